The number of hydrogen-bond acceptors (Lipinski definition) is 7. The summed E-state index contributed by atoms with van der Waals surface area (Å²) >= 11 is 0. The number of carbonyl (C=O) groups excluding carboxylic acids is 1. The second kappa shape index (κ2) is 9.35. The van der Waals surface area contributed by atoms with Crippen molar-refractivity contribution in [2.24, 2.45) is 0 Å². The minimum absolute atomic E-state index is 0.0438. The summed E-state index contributed by atoms with van der Waals surface area (Å²) in [5.41, 5.74) is 0.737. The van der Waals surface area contributed by atoms with E-state index in [1.165, 1.54) is 5.56 Å². The number of piperidine rings is 1. The monoisotopic (exact) mass is 543 g/mol. The predicted octanol–water partition coefficient (Wildman–Crippen LogP) is 2.31. The van der Waals surface area contributed by atoms with Crippen molar-refractivity contribution in [2.75, 3.05) is 20.7 Å². The number of benzene rings is 1. The van der Waals surface area contributed by atoms with Crippen LogP contribution in [0.2, 0.25) is 0 Å². The maximum atomic E-state index is 12.7. The minimum atomic E-state index is -5.08. The van der Waals surface area contributed by atoms with Gasteiger partial charge in [-0.2, -0.15) is 26.3 Å². The van der Waals surface area contributed by atoms with E-state index in [1.54, 1.807) is 7.11 Å². The molecule has 4 atom stereocenters. The zero-order valence-corrected chi connectivity index (χ0v) is 19.4. The van der Waals surface area contributed by atoms with Crippen molar-refractivity contribution < 1.29 is 65.5 Å². The SMILES string of the molecule is COc1ccc2c3c1O[C@H]1C(=O)CC[C@@]4(O)[C@@H](C2)N(C)CC[C@]314.O=C(O)C(F)(F)F.O=C(O)C(F)(F)F. The molecular weight excluding hydrogens is 520 g/mol. The van der Waals surface area contributed by atoms with Crippen molar-refractivity contribution in [1.29, 1.82) is 0 Å². The third-order valence-electron chi connectivity index (χ3n) is 7.22. The number of ketones is 1. The second-order valence-corrected chi connectivity index (χ2v) is 9.05. The van der Waals surface area contributed by atoms with Gasteiger partial charge in [-0.15, -0.1) is 0 Å². The molecule has 5 rings (SSSR count). The summed E-state index contributed by atoms with van der Waals surface area (Å²) in [5.74, 6) is -4.05. The van der Waals surface area contributed by atoms with Crippen molar-refractivity contribution in [3.8, 4) is 11.5 Å². The van der Waals surface area contributed by atoms with Crippen molar-refractivity contribution in [1.82, 2.24) is 4.90 Å². The van der Waals surface area contributed by atoms with Gasteiger partial charge >= 0.3 is 24.3 Å². The minimum Gasteiger partial charge on any atom is -0.493 e. The summed E-state index contributed by atoms with van der Waals surface area (Å²) in [6, 6.07) is 4.05. The number of likely N-dealkylation sites (N-methyl/N-ethyl adjacent to an activating group) is 1. The van der Waals surface area contributed by atoms with E-state index in [0.29, 0.717) is 24.3 Å². The number of carbonyl (C=O) groups is 3. The molecule has 37 heavy (non-hydrogen) atoms. The summed E-state index contributed by atoms with van der Waals surface area (Å²) in [5, 5.41) is 26.0. The number of carboxylic acids is 2. The summed E-state index contributed by atoms with van der Waals surface area (Å²) in [7, 11) is 3.70. The van der Waals surface area contributed by atoms with Gasteiger partial charge < -0.3 is 29.7 Å². The molecular formula is C22H23F6NO8. The third kappa shape index (κ3) is 4.58. The van der Waals surface area contributed by atoms with Crippen LogP contribution in [0.3, 0.4) is 0 Å². The van der Waals surface area contributed by atoms with E-state index in [9.17, 15) is 36.2 Å². The van der Waals surface area contributed by atoms with Crippen molar-refractivity contribution in [2.45, 2.75) is 61.2 Å². The Morgan fingerprint density at radius 2 is 1.62 bits per heavy atom. The molecule has 206 valence electrons. The largest absolute Gasteiger partial charge is 0.493 e. The highest BCUT2D eigenvalue weighted by atomic mass is 19.4. The molecule has 3 N–H and O–H groups in total. The number of likely N-dealkylation sites (tertiary alicyclic amines) is 1. The summed E-state index contributed by atoms with van der Waals surface area (Å²) in [6.07, 6.45) is -8.27. The topological polar surface area (TPSA) is 134 Å². The van der Waals surface area contributed by atoms with Gasteiger partial charge in [0, 0.05) is 18.0 Å². The number of carboxylic acid groups (broad SMARTS) is 2. The van der Waals surface area contributed by atoms with Crippen molar-refractivity contribution >= 4 is 17.7 Å². The number of ether oxygens (including phenoxy) is 2. The van der Waals surface area contributed by atoms with E-state index >= 15 is 0 Å². The first-order valence-electron chi connectivity index (χ1n) is 10.8. The first-order valence-corrected chi connectivity index (χ1v) is 10.8. The van der Waals surface area contributed by atoms with Gasteiger partial charge in [-0.1, -0.05) is 6.07 Å². The Hall–Kier alpha value is -3.07. The van der Waals surface area contributed by atoms with Crippen molar-refractivity contribution in [3.63, 3.8) is 0 Å². The van der Waals surface area contributed by atoms with Crippen LogP contribution in [0.5, 0.6) is 11.5 Å². The molecule has 4 aliphatic rings. The first kappa shape index (κ1) is 28.5. The van der Waals surface area contributed by atoms with E-state index in [0.717, 1.165) is 24.9 Å². The Labute approximate surface area is 205 Å². The lowest BCUT2D eigenvalue weighted by Crippen LogP contribution is -2.76. The van der Waals surface area contributed by atoms with Crippen LogP contribution >= 0.6 is 0 Å². The Kier molecular flexibility index (Phi) is 7.20. The number of Topliss-reactive ketones (excluding diaryl/α,β-unsaturated/α-hetero) is 1. The average Bonchev–Trinajstić information content (AvgIpc) is 3.14. The highest BCUT2D eigenvalue weighted by Crippen LogP contribution is 2.64. The molecule has 0 unspecified atom stereocenters. The molecule has 1 aromatic carbocycles. The van der Waals surface area contributed by atoms with Gasteiger partial charge in [0.15, 0.2) is 23.4 Å². The molecule has 0 amide bonds. The molecule has 15 heteroatoms. The predicted molar refractivity (Wildman–Crippen MR) is 110 cm³/mol. The van der Waals surface area contributed by atoms with Crippen molar-refractivity contribution in [3.05, 3.63) is 23.3 Å². The highest BCUT2D eigenvalue weighted by Gasteiger charge is 2.72. The third-order valence-corrected chi connectivity index (χ3v) is 7.22. The van der Waals surface area contributed by atoms with Gasteiger partial charge in [-0.25, -0.2) is 9.59 Å². The number of rotatable bonds is 1. The van der Waals surface area contributed by atoms with Crippen LogP contribution in [-0.4, -0.2) is 88.7 Å². The lowest BCUT2D eigenvalue weighted by atomic mass is 9.49. The summed E-state index contributed by atoms with van der Waals surface area (Å²) in [4.78, 5) is 32.7. The Bertz CT molecular complexity index is 1080. The van der Waals surface area contributed by atoms with Crippen LogP contribution in [0.4, 0.5) is 26.3 Å². The zero-order chi connectivity index (χ0) is 28.1. The van der Waals surface area contributed by atoms with Gasteiger partial charge in [0.1, 0.15) is 0 Å². The lowest BCUT2D eigenvalue weighted by Gasteiger charge is -2.62. The maximum absolute atomic E-state index is 12.7. The standard InChI is InChI=1S/C18H21NO4.2C2HF3O2/c1-19-8-7-17-14-10-3-4-12(22-2)15(14)23-16(17)11(20)5-6-18(17,21)13(19)9-10;2*3-2(4,5)1(6)7/h3-4,13,16,21H,5-9H2,1-2H3;2*(H,6,7)/t13-,16+,17+,18-;;/m1../s1. The Morgan fingerprint density at radius 3 is 2.11 bits per heavy atom. The smallest absolute Gasteiger partial charge is 0.490 e. The van der Waals surface area contributed by atoms with Gasteiger partial charge in [0.05, 0.1) is 18.1 Å². The van der Waals surface area contributed by atoms with Gasteiger partial charge in [0.25, 0.3) is 0 Å². The fourth-order valence-corrected chi connectivity index (χ4v) is 5.69. The normalized spacial score (nSPS) is 29.5. The molecule has 0 radical (unpaired) electrons. The molecule has 1 spiro atoms. The van der Waals surface area contributed by atoms with E-state index < -0.39 is 41.4 Å². The van der Waals surface area contributed by atoms with Crippen LogP contribution in [-0.2, 0) is 26.2 Å². The molecule has 2 aliphatic heterocycles. The molecule has 2 fully saturated rings. The van der Waals surface area contributed by atoms with E-state index in [4.69, 9.17) is 29.3 Å². The van der Waals surface area contributed by atoms with E-state index in [1.807, 2.05) is 6.07 Å². The Morgan fingerprint density at radius 1 is 1.08 bits per heavy atom. The molecule has 0 aromatic heterocycles. The zero-order valence-electron chi connectivity index (χ0n) is 19.4. The number of nitrogens with zero attached hydrogens (tertiary/aromatic N) is 1. The fraction of sp³-hybridized carbons (Fsp3) is 0.591. The van der Waals surface area contributed by atoms with Crippen LogP contribution in [0, 0.1) is 0 Å². The van der Waals surface area contributed by atoms with Crippen LogP contribution in [0.1, 0.15) is 30.4 Å². The number of halogens is 6. The van der Waals surface area contributed by atoms with E-state index in [-0.39, 0.29) is 11.8 Å². The molecule has 2 heterocycles. The highest BCUT2D eigenvalue weighted by molar-refractivity contribution is 5.90. The number of aliphatic carboxylic acids is 2. The second-order valence-electron chi connectivity index (χ2n) is 9.05. The lowest BCUT2D eigenvalue weighted by molar-refractivity contribution is -0.193. The quantitative estimate of drug-likeness (QED) is 0.457. The molecule has 2 bridgehead atoms. The summed E-state index contributed by atoms with van der Waals surface area (Å²) in [6.45, 7) is 0.871. The Balaban J connectivity index is 0.000000227. The number of methoxy groups -OCH3 is 1. The van der Waals surface area contributed by atoms with Gasteiger partial charge in [0.2, 0.25) is 0 Å². The van der Waals surface area contributed by atoms with Gasteiger partial charge in [-0.05, 0) is 44.5 Å². The van der Waals surface area contributed by atoms with Crippen LogP contribution in [0.25, 0.3) is 0 Å². The number of aliphatic hydroxyl groups is 1. The number of hydrogen-bond donors (Lipinski definition) is 3. The summed E-state index contributed by atoms with van der Waals surface area (Å²) < 4.78 is 75.1. The number of alkyl halides is 6. The van der Waals surface area contributed by atoms with Crippen LogP contribution < -0.4 is 9.47 Å². The molecule has 1 saturated carbocycles. The first-order chi connectivity index (χ1) is 16.9. The molecule has 1 aromatic rings. The van der Waals surface area contributed by atoms with Gasteiger partial charge in [-0.3, -0.25) is 4.79 Å². The molecule has 1 saturated heterocycles. The molecule has 2 aliphatic carbocycles. The molecule has 9 nitrogen and oxygen atoms in total. The van der Waals surface area contributed by atoms with E-state index in [2.05, 4.69) is 18.0 Å². The van der Waals surface area contributed by atoms with Crippen LogP contribution in [0.15, 0.2) is 12.1 Å². The maximum Gasteiger partial charge on any atom is 0.490 e. The average molecular weight is 543 g/mol. The fourth-order valence-electron chi connectivity index (χ4n) is 5.69.